The van der Waals surface area contributed by atoms with Gasteiger partial charge in [0.15, 0.2) is 11.2 Å². The van der Waals surface area contributed by atoms with Crippen LogP contribution in [0.4, 0.5) is 5.69 Å². The molecule has 1 amide bonds. The molecule has 3 aromatic carbocycles. The molecule has 0 bridgehead atoms. The van der Waals surface area contributed by atoms with Gasteiger partial charge in [0.25, 0.3) is 5.91 Å². The molecule has 31 heavy (non-hydrogen) atoms. The number of halogens is 3. The molecule has 0 fully saturated rings. The number of hydrogen-bond donors (Lipinski definition) is 1. The number of benzene rings is 3. The molecule has 0 unspecified atom stereocenters. The van der Waals surface area contributed by atoms with Crippen LogP contribution >= 0.6 is 39.1 Å². The Morgan fingerprint density at radius 3 is 2.52 bits per heavy atom. The van der Waals surface area contributed by atoms with E-state index in [2.05, 4.69) is 26.2 Å². The Kier molecular flexibility index (Phi) is 5.97. The van der Waals surface area contributed by atoms with Crippen LogP contribution in [0.3, 0.4) is 0 Å². The molecule has 0 aliphatic carbocycles. The number of nitrogens with zero attached hydrogens (tertiary/aromatic N) is 1. The molecule has 1 aromatic heterocycles. The third-order valence-electron chi connectivity index (χ3n) is 4.54. The van der Waals surface area contributed by atoms with Gasteiger partial charge in [-0.15, -0.1) is 0 Å². The second kappa shape index (κ2) is 8.54. The third-order valence-corrected chi connectivity index (χ3v) is 5.62. The average Bonchev–Trinajstić information content (AvgIpc) is 3.12. The topological polar surface area (TPSA) is 64.4 Å². The van der Waals surface area contributed by atoms with Crippen molar-refractivity contribution in [2.45, 2.75) is 19.4 Å². The van der Waals surface area contributed by atoms with Crippen molar-refractivity contribution in [1.82, 2.24) is 4.98 Å². The second-order valence-corrected chi connectivity index (χ2v) is 9.11. The van der Waals surface area contributed by atoms with Gasteiger partial charge < -0.3 is 14.5 Å². The molecule has 158 valence electrons. The number of amides is 1. The van der Waals surface area contributed by atoms with Gasteiger partial charge in [0.1, 0.15) is 11.3 Å². The zero-order valence-corrected chi connectivity index (χ0v) is 19.7. The zero-order chi connectivity index (χ0) is 22.2. The van der Waals surface area contributed by atoms with Crippen LogP contribution in [0.1, 0.15) is 13.8 Å². The minimum Gasteiger partial charge on any atom is -0.478 e. The molecule has 0 aliphatic rings. The van der Waals surface area contributed by atoms with Gasteiger partial charge in [-0.25, -0.2) is 4.98 Å². The standard InChI is InChI=1S/C23H17BrCl2N2O3/c1-23(2,31-16-7-3-13(24)4-8-16)22(29)27-15-6-10-20-19(12-15)28-21(30-20)17-9-5-14(25)11-18(17)26/h3-12H,1-2H3,(H,27,29). The first-order chi connectivity index (χ1) is 14.7. The molecule has 5 nitrogen and oxygen atoms in total. The van der Waals surface area contributed by atoms with Gasteiger partial charge in [-0.3, -0.25) is 4.79 Å². The lowest BCUT2D eigenvalue weighted by atomic mass is 10.1. The van der Waals surface area contributed by atoms with Crippen molar-refractivity contribution in [3.8, 4) is 17.2 Å². The van der Waals surface area contributed by atoms with Crippen LogP contribution in [0.5, 0.6) is 5.75 Å². The maximum absolute atomic E-state index is 12.8. The van der Waals surface area contributed by atoms with Gasteiger partial charge in [-0.05, 0) is 74.5 Å². The van der Waals surface area contributed by atoms with Crippen molar-refractivity contribution < 1.29 is 13.9 Å². The number of ether oxygens (including phenoxy) is 1. The lowest BCUT2D eigenvalue weighted by molar-refractivity contribution is -0.128. The smallest absolute Gasteiger partial charge is 0.267 e. The molecule has 0 spiro atoms. The predicted octanol–water partition coefficient (Wildman–Crippen LogP) is 7.36. The number of carbonyl (C=O) groups excluding carboxylic acids is 1. The Morgan fingerprint density at radius 2 is 1.81 bits per heavy atom. The van der Waals surface area contributed by atoms with Gasteiger partial charge in [-0.1, -0.05) is 39.1 Å². The Labute approximate surface area is 197 Å². The number of nitrogens with one attached hydrogen (secondary N) is 1. The molecule has 0 saturated carbocycles. The summed E-state index contributed by atoms with van der Waals surface area (Å²) in [6.07, 6.45) is 0. The van der Waals surface area contributed by atoms with E-state index in [1.165, 1.54) is 0 Å². The van der Waals surface area contributed by atoms with Gasteiger partial charge in [-0.2, -0.15) is 0 Å². The first kappa shape index (κ1) is 21.7. The van der Waals surface area contributed by atoms with Crippen molar-refractivity contribution in [3.05, 3.63) is 75.2 Å². The predicted molar refractivity (Wildman–Crippen MR) is 127 cm³/mol. The number of fused-ring (bicyclic) bond motifs is 1. The Morgan fingerprint density at radius 1 is 1.06 bits per heavy atom. The summed E-state index contributed by atoms with van der Waals surface area (Å²) in [6.45, 7) is 3.42. The van der Waals surface area contributed by atoms with Crippen LogP contribution in [-0.2, 0) is 4.79 Å². The summed E-state index contributed by atoms with van der Waals surface area (Å²) >= 11 is 15.6. The summed E-state index contributed by atoms with van der Waals surface area (Å²) in [6, 6.07) is 17.6. The molecule has 4 rings (SSSR count). The Balaban J connectivity index is 1.54. The van der Waals surface area contributed by atoms with Crippen molar-refractivity contribution in [2.75, 3.05) is 5.32 Å². The highest BCUT2D eigenvalue weighted by atomic mass is 79.9. The van der Waals surface area contributed by atoms with E-state index < -0.39 is 5.60 Å². The maximum Gasteiger partial charge on any atom is 0.267 e. The molecule has 1 heterocycles. The van der Waals surface area contributed by atoms with Gasteiger partial charge in [0, 0.05) is 15.2 Å². The highest BCUT2D eigenvalue weighted by Gasteiger charge is 2.30. The van der Waals surface area contributed by atoms with E-state index in [4.69, 9.17) is 32.4 Å². The summed E-state index contributed by atoms with van der Waals surface area (Å²) in [4.78, 5) is 17.3. The van der Waals surface area contributed by atoms with Gasteiger partial charge in [0.05, 0.1) is 10.6 Å². The fourth-order valence-electron chi connectivity index (χ4n) is 2.91. The van der Waals surface area contributed by atoms with E-state index in [9.17, 15) is 4.79 Å². The molecular formula is C23H17BrCl2N2O3. The lowest BCUT2D eigenvalue weighted by Crippen LogP contribution is -2.42. The average molecular weight is 520 g/mol. The highest BCUT2D eigenvalue weighted by molar-refractivity contribution is 9.10. The fourth-order valence-corrected chi connectivity index (χ4v) is 3.66. The van der Waals surface area contributed by atoms with Gasteiger partial charge >= 0.3 is 0 Å². The highest BCUT2D eigenvalue weighted by Crippen LogP contribution is 2.32. The normalized spacial score (nSPS) is 11.5. The monoisotopic (exact) mass is 518 g/mol. The van der Waals surface area contributed by atoms with Gasteiger partial charge in [0.2, 0.25) is 5.89 Å². The number of hydrogen-bond acceptors (Lipinski definition) is 4. The molecular weight excluding hydrogens is 503 g/mol. The SMILES string of the molecule is CC(C)(Oc1ccc(Br)cc1)C(=O)Nc1ccc2oc(-c3ccc(Cl)cc3Cl)nc2c1. The van der Waals surface area contributed by atoms with Crippen molar-refractivity contribution in [3.63, 3.8) is 0 Å². The second-order valence-electron chi connectivity index (χ2n) is 7.35. The van der Waals surface area contributed by atoms with Crippen LogP contribution in [0.15, 0.2) is 69.6 Å². The molecule has 4 aromatic rings. The molecule has 0 aliphatic heterocycles. The molecule has 1 N–H and O–H groups in total. The maximum atomic E-state index is 12.8. The summed E-state index contributed by atoms with van der Waals surface area (Å²) < 4.78 is 12.6. The first-order valence-corrected chi connectivity index (χ1v) is 10.9. The minimum absolute atomic E-state index is 0.292. The Hall–Kier alpha value is -2.54. The van der Waals surface area contributed by atoms with E-state index in [0.717, 1.165) is 4.47 Å². The lowest BCUT2D eigenvalue weighted by Gasteiger charge is -2.25. The van der Waals surface area contributed by atoms with Crippen LogP contribution in [0, 0.1) is 0 Å². The number of rotatable bonds is 5. The van der Waals surface area contributed by atoms with E-state index in [-0.39, 0.29) is 5.91 Å². The summed E-state index contributed by atoms with van der Waals surface area (Å²) in [5.41, 5.74) is 1.29. The van der Waals surface area contributed by atoms with E-state index in [0.29, 0.717) is 44.0 Å². The quantitative estimate of drug-likeness (QED) is 0.299. The van der Waals surface area contributed by atoms with Crippen LogP contribution < -0.4 is 10.1 Å². The fraction of sp³-hybridized carbons (Fsp3) is 0.130. The van der Waals surface area contributed by atoms with Crippen molar-refractivity contribution >= 4 is 61.8 Å². The van der Waals surface area contributed by atoms with Crippen LogP contribution in [-0.4, -0.2) is 16.5 Å². The Bertz CT molecular complexity index is 1270. The van der Waals surface area contributed by atoms with Crippen molar-refractivity contribution in [1.29, 1.82) is 0 Å². The summed E-state index contributed by atoms with van der Waals surface area (Å²) in [5.74, 6) is 0.679. The van der Waals surface area contributed by atoms with Crippen LogP contribution in [0.25, 0.3) is 22.6 Å². The van der Waals surface area contributed by atoms with E-state index in [1.54, 1.807) is 62.4 Å². The number of carbonyl (C=O) groups is 1. The van der Waals surface area contributed by atoms with Crippen LogP contribution in [0.2, 0.25) is 10.0 Å². The largest absolute Gasteiger partial charge is 0.478 e. The van der Waals surface area contributed by atoms with E-state index in [1.807, 2.05) is 12.1 Å². The van der Waals surface area contributed by atoms with E-state index >= 15 is 0 Å². The molecule has 0 saturated heterocycles. The zero-order valence-electron chi connectivity index (χ0n) is 16.6. The number of oxazole rings is 1. The number of anilines is 1. The first-order valence-electron chi connectivity index (χ1n) is 9.33. The summed E-state index contributed by atoms with van der Waals surface area (Å²) in [5, 5.41) is 3.85. The molecule has 0 radical (unpaired) electrons. The molecule has 0 atom stereocenters. The van der Waals surface area contributed by atoms with Crippen molar-refractivity contribution in [2.24, 2.45) is 0 Å². The number of aromatic nitrogens is 1. The minimum atomic E-state index is -1.09. The molecule has 8 heteroatoms. The third kappa shape index (κ3) is 4.87. The summed E-state index contributed by atoms with van der Waals surface area (Å²) in [7, 11) is 0.